The smallest absolute Gasteiger partial charge is 0.385 e. The molecule has 2 N–H and O–H groups in total. The Hall–Kier alpha value is -2.25. The van der Waals surface area contributed by atoms with Crippen molar-refractivity contribution in [1.82, 2.24) is 14.8 Å². The SMILES string of the molecule is FC(F)(F)C(CCn1cncn1)Nc1ccc(NCC2CCCCC2)cc1. The van der Waals surface area contributed by atoms with E-state index in [1.165, 1.54) is 49.4 Å². The van der Waals surface area contributed by atoms with E-state index < -0.39 is 12.2 Å². The van der Waals surface area contributed by atoms with Gasteiger partial charge in [0.25, 0.3) is 0 Å². The highest BCUT2D eigenvalue weighted by atomic mass is 19.4. The monoisotopic (exact) mass is 381 g/mol. The maximum atomic E-state index is 13.3. The van der Waals surface area contributed by atoms with Crippen LogP contribution in [-0.4, -0.2) is 33.5 Å². The van der Waals surface area contributed by atoms with Gasteiger partial charge in [0.05, 0.1) is 0 Å². The van der Waals surface area contributed by atoms with E-state index in [-0.39, 0.29) is 13.0 Å². The molecule has 0 radical (unpaired) electrons. The van der Waals surface area contributed by atoms with Gasteiger partial charge in [0.1, 0.15) is 18.7 Å². The molecule has 1 atom stereocenters. The van der Waals surface area contributed by atoms with Gasteiger partial charge in [0.15, 0.2) is 0 Å². The molecule has 27 heavy (non-hydrogen) atoms. The first-order valence-electron chi connectivity index (χ1n) is 9.50. The summed E-state index contributed by atoms with van der Waals surface area (Å²) in [5, 5.41) is 9.85. The van der Waals surface area contributed by atoms with Crippen LogP contribution in [0.25, 0.3) is 0 Å². The van der Waals surface area contributed by atoms with E-state index in [2.05, 4.69) is 20.7 Å². The summed E-state index contributed by atoms with van der Waals surface area (Å²) in [6, 6.07) is 5.41. The van der Waals surface area contributed by atoms with Gasteiger partial charge in [0, 0.05) is 24.5 Å². The predicted octanol–water partition coefficient (Wildman–Crippen LogP) is 4.70. The Morgan fingerprint density at radius 3 is 2.41 bits per heavy atom. The van der Waals surface area contributed by atoms with Crippen LogP contribution < -0.4 is 10.6 Å². The van der Waals surface area contributed by atoms with Gasteiger partial charge >= 0.3 is 6.18 Å². The molecule has 1 heterocycles. The van der Waals surface area contributed by atoms with Crippen molar-refractivity contribution in [1.29, 1.82) is 0 Å². The summed E-state index contributed by atoms with van der Waals surface area (Å²) in [4.78, 5) is 3.75. The van der Waals surface area contributed by atoms with Crippen molar-refractivity contribution in [3.63, 3.8) is 0 Å². The van der Waals surface area contributed by atoms with Crippen LogP contribution >= 0.6 is 0 Å². The highest BCUT2D eigenvalue weighted by Crippen LogP contribution is 2.27. The second-order valence-corrected chi connectivity index (χ2v) is 7.15. The normalized spacial score (nSPS) is 16.9. The zero-order valence-corrected chi connectivity index (χ0v) is 15.3. The average Bonchev–Trinajstić information content (AvgIpc) is 3.18. The van der Waals surface area contributed by atoms with E-state index in [0.29, 0.717) is 11.6 Å². The largest absolute Gasteiger partial charge is 0.408 e. The fraction of sp³-hybridized carbons (Fsp3) is 0.579. The fourth-order valence-electron chi connectivity index (χ4n) is 3.47. The summed E-state index contributed by atoms with van der Waals surface area (Å²) < 4.78 is 41.4. The number of nitrogens with one attached hydrogen (secondary N) is 2. The number of halogens is 3. The van der Waals surface area contributed by atoms with E-state index >= 15 is 0 Å². The van der Waals surface area contributed by atoms with E-state index in [0.717, 1.165) is 12.2 Å². The lowest BCUT2D eigenvalue weighted by Gasteiger charge is -2.23. The summed E-state index contributed by atoms with van der Waals surface area (Å²) >= 11 is 0. The minimum Gasteiger partial charge on any atom is -0.385 e. The number of aryl methyl sites for hydroxylation is 1. The van der Waals surface area contributed by atoms with Crippen LogP contribution in [0.1, 0.15) is 38.5 Å². The summed E-state index contributed by atoms with van der Waals surface area (Å²) in [7, 11) is 0. The van der Waals surface area contributed by atoms with Crippen molar-refractivity contribution in [2.45, 2.75) is 57.3 Å². The molecule has 0 amide bonds. The molecule has 1 aliphatic rings. The van der Waals surface area contributed by atoms with Gasteiger partial charge in [-0.25, -0.2) is 4.98 Å². The molecule has 1 fully saturated rings. The lowest BCUT2D eigenvalue weighted by Crippen LogP contribution is -2.37. The van der Waals surface area contributed by atoms with Crippen LogP contribution in [0.15, 0.2) is 36.9 Å². The molecule has 0 bridgehead atoms. The van der Waals surface area contributed by atoms with Crippen molar-refractivity contribution in [3.8, 4) is 0 Å². The van der Waals surface area contributed by atoms with Crippen LogP contribution in [-0.2, 0) is 6.54 Å². The zero-order chi connectivity index (χ0) is 19.1. The summed E-state index contributed by atoms with van der Waals surface area (Å²) in [6.45, 7) is 1.08. The van der Waals surface area contributed by atoms with Crippen molar-refractivity contribution in [2.75, 3.05) is 17.2 Å². The van der Waals surface area contributed by atoms with Gasteiger partial charge in [-0.05, 0) is 49.4 Å². The molecule has 1 aromatic heterocycles. The lowest BCUT2D eigenvalue weighted by atomic mass is 9.89. The average molecular weight is 381 g/mol. The number of aromatic nitrogens is 3. The molecule has 0 spiro atoms. The quantitative estimate of drug-likeness (QED) is 0.696. The molecular weight excluding hydrogens is 355 g/mol. The van der Waals surface area contributed by atoms with Crippen LogP contribution in [0.4, 0.5) is 24.5 Å². The number of rotatable bonds is 8. The first-order chi connectivity index (χ1) is 13.0. The third-order valence-electron chi connectivity index (χ3n) is 5.05. The Kier molecular flexibility index (Phi) is 6.58. The van der Waals surface area contributed by atoms with E-state index in [1.54, 1.807) is 12.1 Å². The molecule has 5 nitrogen and oxygen atoms in total. The van der Waals surface area contributed by atoms with Crippen LogP contribution in [0.2, 0.25) is 0 Å². The fourth-order valence-corrected chi connectivity index (χ4v) is 3.47. The molecule has 1 aliphatic carbocycles. The number of nitrogens with zero attached hydrogens (tertiary/aromatic N) is 3. The highest BCUT2D eigenvalue weighted by molar-refractivity contribution is 5.54. The van der Waals surface area contributed by atoms with Gasteiger partial charge in [-0.3, -0.25) is 4.68 Å². The van der Waals surface area contributed by atoms with E-state index in [1.807, 2.05) is 12.1 Å². The van der Waals surface area contributed by atoms with Gasteiger partial charge in [-0.15, -0.1) is 0 Å². The zero-order valence-electron chi connectivity index (χ0n) is 15.3. The van der Waals surface area contributed by atoms with Crippen LogP contribution in [0.3, 0.4) is 0 Å². The summed E-state index contributed by atoms with van der Waals surface area (Å²) in [5.41, 5.74) is 1.40. The number of hydrogen-bond acceptors (Lipinski definition) is 4. The van der Waals surface area contributed by atoms with Crippen molar-refractivity contribution < 1.29 is 13.2 Å². The number of alkyl halides is 3. The van der Waals surface area contributed by atoms with Crippen LogP contribution in [0.5, 0.6) is 0 Å². The minimum atomic E-state index is -4.33. The Morgan fingerprint density at radius 1 is 1.07 bits per heavy atom. The molecule has 1 aromatic carbocycles. The van der Waals surface area contributed by atoms with Gasteiger partial charge in [-0.1, -0.05) is 19.3 Å². The minimum absolute atomic E-state index is 0.117. The molecule has 8 heteroatoms. The van der Waals surface area contributed by atoms with E-state index in [4.69, 9.17) is 0 Å². The third kappa shape index (κ3) is 6.15. The Labute approximate surface area is 157 Å². The number of anilines is 2. The summed E-state index contributed by atoms with van der Waals surface area (Å²) in [5.74, 6) is 0.697. The maximum Gasteiger partial charge on any atom is 0.408 e. The molecule has 148 valence electrons. The second kappa shape index (κ2) is 9.10. The van der Waals surface area contributed by atoms with Gasteiger partial charge < -0.3 is 10.6 Å². The number of hydrogen-bond donors (Lipinski definition) is 2. The molecule has 2 aromatic rings. The molecule has 3 rings (SSSR count). The maximum absolute atomic E-state index is 13.3. The first-order valence-corrected chi connectivity index (χ1v) is 9.50. The number of benzene rings is 1. The molecule has 1 unspecified atom stereocenters. The lowest BCUT2D eigenvalue weighted by molar-refractivity contribution is -0.144. The van der Waals surface area contributed by atoms with Crippen molar-refractivity contribution >= 4 is 11.4 Å². The summed E-state index contributed by atoms with van der Waals surface area (Å²) in [6.07, 6.45) is 4.71. The highest BCUT2D eigenvalue weighted by Gasteiger charge is 2.39. The molecule has 1 saturated carbocycles. The third-order valence-corrected chi connectivity index (χ3v) is 5.05. The van der Waals surface area contributed by atoms with Crippen molar-refractivity contribution in [3.05, 3.63) is 36.9 Å². The Morgan fingerprint density at radius 2 is 1.78 bits per heavy atom. The van der Waals surface area contributed by atoms with Crippen molar-refractivity contribution in [2.24, 2.45) is 5.92 Å². The van der Waals surface area contributed by atoms with Gasteiger partial charge in [0.2, 0.25) is 0 Å². The molecule has 0 aliphatic heterocycles. The molecule has 0 saturated heterocycles. The van der Waals surface area contributed by atoms with Gasteiger partial charge in [-0.2, -0.15) is 18.3 Å². The first kappa shape index (κ1) is 19.5. The Balaban J connectivity index is 1.52. The molecular formula is C19H26F3N5. The van der Waals surface area contributed by atoms with Crippen LogP contribution in [0, 0.1) is 5.92 Å². The topological polar surface area (TPSA) is 54.8 Å². The van der Waals surface area contributed by atoms with E-state index in [9.17, 15) is 13.2 Å². The standard InChI is InChI=1S/C19H26F3N5/c20-19(21,22)18(10-11-27-14-23-13-25-27)26-17-8-6-16(7-9-17)24-12-15-4-2-1-3-5-15/h6-9,13-15,18,24,26H,1-5,10-12H2. The predicted molar refractivity (Wildman–Crippen MR) is 99.6 cm³/mol. The second-order valence-electron chi connectivity index (χ2n) is 7.15. The Bertz CT molecular complexity index is 664.